The lowest BCUT2D eigenvalue weighted by Gasteiger charge is -2.17. The third-order valence-electron chi connectivity index (χ3n) is 3.31. The number of imidazole rings is 1. The van der Waals surface area contributed by atoms with Gasteiger partial charge in [-0.15, -0.1) is 0 Å². The normalized spacial score (nSPS) is 20.0. The highest BCUT2D eigenvalue weighted by Gasteiger charge is 2.21. The second kappa shape index (κ2) is 3.20. The molecule has 2 heterocycles. The van der Waals surface area contributed by atoms with Crippen LogP contribution in [0, 0.1) is 11.7 Å². The maximum atomic E-state index is 13.3. The molecule has 0 fully saturated rings. The monoisotopic (exact) mass is 219 g/mol. The predicted octanol–water partition coefficient (Wildman–Crippen LogP) is 2.18. The standard InChI is InChI=1S/C12H14FN3/c1-7-2-3-11-10(4-7)15-12-9(14)5-8(13)6-16(11)12/h5-7H,2-4,14H2,1H3. The van der Waals surface area contributed by atoms with E-state index in [0.29, 0.717) is 17.3 Å². The molecule has 3 rings (SSSR count). The van der Waals surface area contributed by atoms with Crippen molar-refractivity contribution in [2.75, 3.05) is 5.73 Å². The summed E-state index contributed by atoms with van der Waals surface area (Å²) in [5.41, 5.74) is 9.10. The molecule has 0 amide bonds. The molecule has 1 aliphatic carbocycles. The summed E-state index contributed by atoms with van der Waals surface area (Å²) in [6, 6.07) is 1.33. The van der Waals surface area contributed by atoms with E-state index in [-0.39, 0.29) is 5.82 Å². The summed E-state index contributed by atoms with van der Waals surface area (Å²) in [5, 5.41) is 0. The van der Waals surface area contributed by atoms with E-state index in [2.05, 4.69) is 11.9 Å². The van der Waals surface area contributed by atoms with Crippen LogP contribution in [-0.2, 0) is 12.8 Å². The molecule has 1 aliphatic rings. The van der Waals surface area contributed by atoms with Gasteiger partial charge in [-0.1, -0.05) is 6.92 Å². The van der Waals surface area contributed by atoms with Crippen LogP contribution in [-0.4, -0.2) is 9.38 Å². The number of nitrogens with zero attached hydrogens (tertiary/aromatic N) is 2. The van der Waals surface area contributed by atoms with Crippen LogP contribution in [0.25, 0.3) is 5.65 Å². The first-order valence-corrected chi connectivity index (χ1v) is 5.60. The van der Waals surface area contributed by atoms with Crippen molar-refractivity contribution in [1.82, 2.24) is 9.38 Å². The number of fused-ring (bicyclic) bond motifs is 3. The van der Waals surface area contributed by atoms with Crippen LogP contribution < -0.4 is 5.73 Å². The fourth-order valence-electron chi connectivity index (χ4n) is 2.47. The summed E-state index contributed by atoms with van der Waals surface area (Å²) < 4.78 is 15.1. The molecule has 1 unspecified atom stereocenters. The largest absolute Gasteiger partial charge is 0.396 e. The Morgan fingerprint density at radius 3 is 3.19 bits per heavy atom. The molecule has 2 N–H and O–H groups in total. The van der Waals surface area contributed by atoms with Crippen LogP contribution in [0.5, 0.6) is 0 Å². The van der Waals surface area contributed by atoms with E-state index >= 15 is 0 Å². The fraction of sp³-hybridized carbons (Fsp3) is 0.417. The number of pyridine rings is 1. The molecule has 84 valence electrons. The maximum Gasteiger partial charge on any atom is 0.160 e. The van der Waals surface area contributed by atoms with Gasteiger partial charge in [-0.05, 0) is 25.2 Å². The van der Waals surface area contributed by atoms with Crippen molar-refractivity contribution in [1.29, 1.82) is 0 Å². The lowest BCUT2D eigenvalue weighted by Crippen LogP contribution is -2.12. The van der Waals surface area contributed by atoms with E-state index in [1.165, 1.54) is 12.3 Å². The Hall–Kier alpha value is -1.58. The molecule has 1 atom stereocenters. The Balaban J connectivity index is 2.29. The molecule has 2 aromatic rings. The Morgan fingerprint density at radius 2 is 2.38 bits per heavy atom. The second-order valence-corrected chi connectivity index (χ2v) is 4.66. The van der Waals surface area contributed by atoms with Crippen molar-refractivity contribution in [3.8, 4) is 0 Å². The molecule has 0 aromatic carbocycles. The molecule has 4 heteroatoms. The number of halogens is 1. The molecule has 0 radical (unpaired) electrons. The molecule has 0 bridgehead atoms. The van der Waals surface area contributed by atoms with Gasteiger partial charge in [-0.25, -0.2) is 9.37 Å². The number of anilines is 1. The number of nitrogens with two attached hydrogens (primary N) is 1. The molecule has 0 aliphatic heterocycles. The zero-order chi connectivity index (χ0) is 11.3. The molecule has 16 heavy (non-hydrogen) atoms. The van der Waals surface area contributed by atoms with Crippen molar-refractivity contribution < 1.29 is 4.39 Å². The lowest BCUT2D eigenvalue weighted by molar-refractivity contribution is 0.488. The summed E-state index contributed by atoms with van der Waals surface area (Å²) in [4.78, 5) is 4.52. The van der Waals surface area contributed by atoms with Gasteiger partial charge in [0.15, 0.2) is 5.65 Å². The minimum absolute atomic E-state index is 0.302. The van der Waals surface area contributed by atoms with Crippen LogP contribution >= 0.6 is 0 Å². The van der Waals surface area contributed by atoms with E-state index in [1.807, 2.05) is 4.40 Å². The zero-order valence-corrected chi connectivity index (χ0v) is 9.20. The van der Waals surface area contributed by atoms with Gasteiger partial charge in [0.05, 0.1) is 11.4 Å². The van der Waals surface area contributed by atoms with Crippen LogP contribution in [0.2, 0.25) is 0 Å². The minimum Gasteiger partial charge on any atom is -0.396 e. The SMILES string of the molecule is CC1CCc2c(nc3c(N)cc(F)cn23)C1. The minimum atomic E-state index is -0.302. The van der Waals surface area contributed by atoms with Crippen LogP contribution in [0.3, 0.4) is 0 Å². The van der Waals surface area contributed by atoms with E-state index in [1.54, 1.807) is 0 Å². The molecule has 2 aromatic heterocycles. The van der Waals surface area contributed by atoms with E-state index in [9.17, 15) is 4.39 Å². The van der Waals surface area contributed by atoms with Crippen LogP contribution in [0.15, 0.2) is 12.3 Å². The molecule has 3 nitrogen and oxygen atoms in total. The van der Waals surface area contributed by atoms with Gasteiger partial charge in [0.1, 0.15) is 5.82 Å². The summed E-state index contributed by atoms with van der Waals surface area (Å²) in [6.45, 7) is 2.22. The second-order valence-electron chi connectivity index (χ2n) is 4.66. The average Bonchev–Trinajstić information content (AvgIpc) is 2.56. The number of rotatable bonds is 0. The van der Waals surface area contributed by atoms with Crippen molar-refractivity contribution in [3.05, 3.63) is 29.5 Å². The third kappa shape index (κ3) is 1.29. The highest BCUT2D eigenvalue weighted by Crippen LogP contribution is 2.28. The Morgan fingerprint density at radius 1 is 1.56 bits per heavy atom. The summed E-state index contributed by atoms with van der Waals surface area (Å²) in [5.74, 6) is 0.354. The predicted molar refractivity (Wildman–Crippen MR) is 60.8 cm³/mol. The summed E-state index contributed by atoms with van der Waals surface area (Å²) in [7, 11) is 0. The Labute approximate surface area is 93.1 Å². The zero-order valence-electron chi connectivity index (χ0n) is 9.20. The van der Waals surface area contributed by atoms with Crippen LogP contribution in [0.1, 0.15) is 24.7 Å². The fourth-order valence-corrected chi connectivity index (χ4v) is 2.47. The topological polar surface area (TPSA) is 43.3 Å². The van der Waals surface area contributed by atoms with Crippen LogP contribution in [0.4, 0.5) is 10.1 Å². The number of hydrogen-bond acceptors (Lipinski definition) is 2. The average molecular weight is 219 g/mol. The van der Waals surface area contributed by atoms with Crippen molar-refractivity contribution in [2.24, 2.45) is 5.92 Å². The highest BCUT2D eigenvalue weighted by atomic mass is 19.1. The van der Waals surface area contributed by atoms with Gasteiger partial charge in [-0.3, -0.25) is 4.40 Å². The van der Waals surface area contributed by atoms with Gasteiger partial charge in [0.2, 0.25) is 0 Å². The van der Waals surface area contributed by atoms with Crippen molar-refractivity contribution in [2.45, 2.75) is 26.2 Å². The summed E-state index contributed by atoms with van der Waals surface area (Å²) >= 11 is 0. The smallest absolute Gasteiger partial charge is 0.160 e. The first-order chi connectivity index (χ1) is 7.65. The highest BCUT2D eigenvalue weighted by molar-refractivity contribution is 5.66. The number of aromatic nitrogens is 2. The Kier molecular flexibility index (Phi) is 1.93. The molecule has 0 spiro atoms. The number of hydrogen-bond donors (Lipinski definition) is 1. The van der Waals surface area contributed by atoms with E-state index in [0.717, 1.165) is 30.7 Å². The number of aryl methyl sites for hydroxylation is 1. The quantitative estimate of drug-likeness (QED) is 0.738. The van der Waals surface area contributed by atoms with Gasteiger partial charge >= 0.3 is 0 Å². The van der Waals surface area contributed by atoms with Gasteiger partial charge < -0.3 is 5.73 Å². The molecular formula is C12H14FN3. The number of nitrogen functional groups attached to an aromatic ring is 1. The van der Waals surface area contributed by atoms with Gasteiger partial charge in [-0.2, -0.15) is 0 Å². The summed E-state index contributed by atoms with van der Waals surface area (Å²) in [6.07, 6.45) is 4.54. The van der Waals surface area contributed by atoms with Crippen molar-refractivity contribution in [3.63, 3.8) is 0 Å². The first-order valence-electron chi connectivity index (χ1n) is 5.60. The first kappa shape index (κ1) is 9.63. The molecular weight excluding hydrogens is 205 g/mol. The van der Waals surface area contributed by atoms with E-state index < -0.39 is 0 Å². The van der Waals surface area contributed by atoms with Gasteiger partial charge in [0.25, 0.3) is 0 Å². The maximum absolute atomic E-state index is 13.3. The van der Waals surface area contributed by atoms with Crippen molar-refractivity contribution >= 4 is 11.3 Å². The molecule has 0 saturated carbocycles. The van der Waals surface area contributed by atoms with E-state index in [4.69, 9.17) is 5.73 Å². The van der Waals surface area contributed by atoms with Gasteiger partial charge in [0, 0.05) is 18.0 Å². The lowest BCUT2D eigenvalue weighted by atomic mass is 9.91. The third-order valence-corrected chi connectivity index (χ3v) is 3.31. The molecule has 0 saturated heterocycles. The Bertz CT molecular complexity index is 559.